The molecule has 0 unspecified atom stereocenters. The predicted octanol–water partition coefficient (Wildman–Crippen LogP) is 4.66. The van der Waals surface area contributed by atoms with E-state index in [1.54, 1.807) is 6.07 Å². The molecular formula is C16H14BrFN2. The van der Waals surface area contributed by atoms with Crippen molar-refractivity contribution in [2.24, 2.45) is 0 Å². The largest absolute Gasteiger partial charge is 0.383 e. The summed E-state index contributed by atoms with van der Waals surface area (Å²) < 4.78 is 16.4. The summed E-state index contributed by atoms with van der Waals surface area (Å²) in [6, 6.07) is 14.9. The lowest BCUT2D eigenvalue weighted by molar-refractivity contribution is 0.628. The van der Waals surface area contributed by atoms with E-state index < -0.39 is 0 Å². The molecule has 0 spiro atoms. The number of fused-ring (bicyclic) bond motifs is 1. The van der Waals surface area contributed by atoms with E-state index in [-0.39, 0.29) is 5.82 Å². The Morgan fingerprint density at radius 3 is 2.85 bits per heavy atom. The third-order valence-electron chi connectivity index (χ3n) is 3.24. The maximum absolute atomic E-state index is 13.3. The van der Waals surface area contributed by atoms with E-state index in [4.69, 9.17) is 0 Å². The fourth-order valence-electron chi connectivity index (χ4n) is 2.27. The van der Waals surface area contributed by atoms with Crippen molar-refractivity contribution in [1.29, 1.82) is 0 Å². The molecule has 0 aliphatic rings. The number of nitrogens with one attached hydrogen (secondary N) is 1. The van der Waals surface area contributed by atoms with Gasteiger partial charge < -0.3 is 9.88 Å². The number of rotatable bonds is 4. The molecular weight excluding hydrogens is 319 g/mol. The summed E-state index contributed by atoms with van der Waals surface area (Å²) in [4.78, 5) is 0. The molecule has 1 heterocycles. The first kappa shape index (κ1) is 13.2. The van der Waals surface area contributed by atoms with Gasteiger partial charge in [-0.2, -0.15) is 0 Å². The second-order valence-electron chi connectivity index (χ2n) is 4.65. The van der Waals surface area contributed by atoms with Crippen LogP contribution in [0.3, 0.4) is 0 Å². The quantitative estimate of drug-likeness (QED) is 0.735. The molecule has 0 bridgehead atoms. The van der Waals surface area contributed by atoms with Crippen LogP contribution >= 0.6 is 15.9 Å². The number of anilines is 1. The van der Waals surface area contributed by atoms with Crippen molar-refractivity contribution in [2.45, 2.75) is 6.54 Å². The monoisotopic (exact) mass is 332 g/mol. The second kappa shape index (κ2) is 5.67. The average molecular weight is 333 g/mol. The van der Waals surface area contributed by atoms with Gasteiger partial charge in [0.1, 0.15) is 5.82 Å². The van der Waals surface area contributed by atoms with E-state index in [1.165, 1.54) is 6.07 Å². The highest BCUT2D eigenvalue weighted by molar-refractivity contribution is 9.10. The molecule has 2 nitrogen and oxygen atoms in total. The van der Waals surface area contributed by atoms with Gasteiger partial charge in [-0.05, 0) is 47.9 Å². The Labute approximate surface area is 125 Å². The van der Waals surface area contributed by atoms with Crippen molar-refractivity contribution < 1.29 is 4.39 Å². The highest BCUT2D eigenvalue weighted by atomic mass is 79.9. The lowest BCUT2D eigenvalue weighted by atomic mass is 10.2. The van der Waals surface area contributed by atoms with Crippen LogP contribution in [0.15, 0.2) is 59.2 Å². The van der Waals surface area contributed by atoms with Crippen LogP contribution in [0.5, 0.6) is 0 Å². The summed E-state index contributed by atoms with van der Waals surface area (Å²) >= 11 is 3.45. The van der Waals surface area contributed by atoms with Crippen LogP contribution in [0.1, 0.15) is 0 Å². The van der Waals surface area contributed by atoms with Crippen molar-refractivity contribution in [3.05, 3.63) is 65.0 Å². The van der Waals surface area contributed by atoms with Crippen molar-refractivity contribution >= 4 is 32.5 Å². The van der Waals surface area contributed by atoms with E-state index in [1.807, 2.05) is 42.6 Å². The van der Waals surface area contributed by atoms with Gasteiger partial charge in [0.15, 0.2) is 0 Å². The normalized spacial score (nSPS) is 10.9. The molecule has 2 aromatic carbocycles. The zero-order chi connectivity index (χ0) is 13.9. The Hall–Kier alpha value is -1.81. The lowest BCUT2D eigenvalue weighted by Gasteiger charge is -2.09. The molecule has 3 aromatic rings. The van der Waals surface area contributed by atoms with Crippen LogP contribution in [0.4, 0.5) is 10.1 Å². The summed E-state index contributed by atoms with van der Waals surface area (Å²) in [5, 5.41) is 4.42. The molecule has 20 heavy (non-hydrogen) atoms. The standard InChI is InChI=1S/C16H14BrFN2/c17-13-2-1-3-15(10-13)19-7-9-20-8-6-12-4-5-14(18)11-16(12)20/h1-6,8,10-11,19H,7,9H2. The maximum atomic E-state index is 13.3. The molecule has 102 valence electrons. The Bertz CT molecular complexity index is 736. The molecule has 0 saturated heterocycles. The van der Waals surface area contributed by atoms with Gasteiger partial charge in [-0.1, -0.05) is 22.0 Å². The second-order valence-corrected chi connectivity index (χ2v) is 5.57. The minimum Gasteiger partial charge on any atom is -0.383 e. The SMILES string of the molecule is Fc1ccc2ccn(CCNc3cccc(Br)c3)c2c1. The summed E-state index contributed by atoms with van der Waals surface area (Å²) in [5.74, 6) is -0.197. The zero-order valence-electron chi connectivity index (χ0n) is 10.8. The van der Waals surface area contributed by atoms with Crippen molar-refractivity contribution in [2.75, 3.05) is 11.9 Å². The van der Waals surface area contributed by atoms with E-state index in [2.05, 4.69) is 25.8 Å². The number of hydrogen-bond acceptors (Lipinski definition) is 1. The minimum absolute atomic E-state index is 0.197. The predicted molar refractivity (Wildman–Crippen MR) is 84.5 cm³/mol. The van der Waals surface area contributed by atoms with Crippen LogP contribution in [-0.4, -0.2) is 11.1 Å². The van der Waals surface area contributed by atoms with E-state index in [0.29, 0.717) is 0 Å². The Balaban J connectivity index is 1.69. The molecule has 1 aromatic heterocycles. The highest BCUT2D eigenvalue weighted by Crippen LogP contribution is 2.18. The number of halogens is 2. The van der Waals surface area contributed by atoms with Crippen molar-refractivity contribution in [3.8, 4) is 0 Å². The number of nitrogens with zero attached hydrogens (tertiary/aromatic N) is 1. The highest BCUT2D eigenvalue weighted by Gasteiger charge is 2.02. The summed E-state index contributed by atoms with van der Waals surface area (Å²) in [6.07, 6.45) is 1.99. The zero-order valence-corrected chi connectivity index (χ0v) is 12.4. The van der Waals surface area contributed by atoms with Gasteiger partial charge in [0.05, 0.1) is 5.52 Å². The van der Waals surface area contributed by atoms with Gasteiger partial charge in [-0.25, -0.2) is 4.39 Å². The first-order valence-corrected chi connectivity index (χ1v) is 7.25. The van der Waals surface area contributed by atoms with E-state index >= 15 is 0 Å². The van der Waals surface area contributed by atoms with Crippen LogP contribution in [-0.2, 0) is 6.54 Å². The van der Waals surface area contributed by atoms with Crippen LogP contribution < -0.4 is 5.32 Å². The van der Waals surface area contributed by atoms with Crippen molar-refractivity contribution in [3.63, 3.8) is 0 Å². The Kier molecular flexibility index (Phi) is 3.74. The third kappa shape index (κ3) is 2.85. The van der Waals surface area contributed by atoms with Gasteiger partial charge >= 0.3 is 0 Å². The molecule has 0 atom stereocenters. The lowest BCUT2D eigenvalue weighted by Crippen LogP contribution is -2.09. The van der Waals surface area contributed by atoms with Gasteiger partial charge in [0, 0.05) is 29.4 Å². The first-order chi connectivity index (χ1) is 9.72. The fourth-order valence-corrected chi connectivity index (χ4v) is 2.67. The van der Waals surface area contributed by atoms with E-state index in [0.717, 1.165) is 34.2 Å². The van der Waals surface area contributed by atoms with Crippen LogP contribution in [0.2, 0.25) is 0 Å². The van der Waals surface area contributed by atoms with Gasteiger partial charge in [-0.15, -0.1) is 0 Å². The molecule has 1 N–H and O–H groups in total. The summed E-state index contributed by atoms with van der Waals surface area (Å²) in [7, 11) is 0. The molecule has 4 heteroatoms. The van der Waals surface area contributed by atoms with Gasteiger partial charge in [-0.3, -0.25) is 0 Å². The third-order valence-corrected chi connectivity index (χ3v) is 3.74. The Morgan fingerprint density at radius 2 is 2.00 bits per heavy atom. The summed E-state index contributed by atoms with van der Waals surface area (Å²) in [6.45, 7) is 1.58. The maximum Gasteiger partial charge on any atom is 0.125 e. The van der Waals surface area contributed by atoms with Crippen molar-refractivity contribution in [1.82, 2.24) is 4.57 Å². The minimum atomic E-state index is -0.197. The van der Waals surface area contributed by atoms with Gasteiger partial charge in [0.25, 0.3) is 0 Å². The first-order valence-electron chi connectivity index (χ1n) is 6.46. The molecule has 0 amide bonds. The van der Waals surface area contributed by atoms with Crippen LogP contribution in [0, 0.1) is 5.82 Å². The van der Waals surface area contributed by atoms with Gasteiger partial charge in [0.2, 0.25) is 0 Å². The van der Waals surface area contributed by atoms with E-state index in [9.17, 15) is 4.39 Å². The van der Waals surface area contributed by atoms with Crippen LogP contribution in [0.25, 0.3) is 10.9 Å². The summed E-state index contributed by atoms with van der Waals surface area (Å²) in [5.41, 5.74) is 2.00. The molecule has 0 saturated carbocycles. The topological polar surface area (TPSA) is 17.0 Å². The number of aromatic nitrogens is 1. The smallest absolute Gasteiger partial charge is 0.125 e. The molecule has 3 rings (SSSR count). The number of benzene rings is 2. The molecule has 0 fully saturated rings. The average Bonchev–Trinajstić information content (AvgIpc) is 2.82. The molecule has 0 radical (unpaired) electrons. The molecule has 0 aliphatic heterocycles. The fraction of sp³-hybridized carbons (Fsp3) is 0.125. The number of hydrogen-bond donors (Lipinski definition) is 1. The molecule has 0 aliphatic carbocycles. The Morgan fingerprint density at radius 1 is 1.10 bits per heavy atom.